The van der Waals surface area contributed by atoms with Gasteiger partial charge in [-0.1, -0.05) is 13.3 Å². The number of carboxylic acid groups (broad SMARTS) is 1. The minimum Gasteiger partial charge on any atom is -0.502 e. The zero-order valence-electron chi connectivity index (χ0n) is 24.0. The Labute approximate surface area is 257 Å². The van der Waals surface area contributed by atoms with Crippen LogP contribution < -0.4 is 20.5 Å². The van der Waals surface area contributed by atoms with Gasteiger partial charge in [0.05, 0.1) is 6.26 Å². The lowest BCUT2D eigenvalue weighted by Crippen LogP contribution is -2.29. The summed E-state index contributed by atoms with van der Waals surface area (Å²) in [6.07, 6.45) is 6.13. The highest BCUT2D eigenvalue weighted by molar-refractivity contribution is 7.88. The maximum absolute atomic E-state index is 12.2. The van der Waals surface area contributed by atoms with E-state index in [4.69, 9.17) is 33.6 Å². The Hall–Kier alpha value is -4.46. The lowest BCUT2D eigenvalue weighted by Gasteiger charge is -2.22. The molecule has 0 radical (unpaired) electrons. The van der Waals surface area contributed by atoms with Crippen molar-refractivity contribution in [3.63, 3.8) is 0 Å². The molecule has 0 aliphatic carbocycles. The predicted octanol–water partition coefficient (Wildman–Crippen LogP) is 3.04. The van der Waals surface area contributed by atoms with Crippen molar-refractivity contribution < 1.29 is 68.6 Å². The number of rotatable bonds is 9. The van der Waals surface area contributed by atoms with Crippen molar-refractivity contribution in [1.29, 1.82) is 0 Å². The normalized spacial score (nSPS) is 14.7. The molecule has 0 saturated carbocycles. The maximum Gasteiger partial charge on any atom is 0.534 e. The molecule has 0 aromatic carbocycles. The molecule has 3 N–H and O–H groups in total. The van der Waals surface area contributed by atoms with E-state index >= 15 is 0 Å². The number of hydrogen-bond donors (Lipinski definition) is 3. The summed E-state index contributed by atoms with van der Waals surface area (Å²) in [6.45, 7) is 2.00. The molecular formula is C27H29F3O15S. The highest BCUT2D eigenvalue weighted by atomic mass is 32.2. The quantitative estimate of drug-likeness (QED) is 0.218. The molecule has 19 heteroatoms. The zero-order valence-corrected chi connectivity index (χ0v) is 24.8. The Morgan fingerprint density at radius 1 is 0.978 bits per heavy atom. The number of ether oxygens (including phenoxy) is 2. The Kier molecular flexibility index (Phi) is 14.2. The molecule has 1 aliphatic rings. The van der Waals surface area contributed by atoms with Crippen molar-refractivity contribution in [1.82, 2.24) is 0 Å². The molecule has 46 heavy (non-hydrogen) atoms. The average molecular weight is 683 g/mol. The first kappa shape index (κ1) is 37.7. The smallest absolute Gasteiger partial charge is 0.502 e. The summed E-state index contributed by atoms with van der Waals surface area (Å²) in [5.41, 5.74) is -7.01. The Morgan fingerprint density at radius 3 is 2.17 bits per heavy atom. The van der Waals surface area contributed by atoms with Gasteiger partial charge in [0, 0.05) is 30.4 Å². The number of aliphatic hydroxyl groups excluding tert-OH is 1. The van der Waals surface area contributed by atoms with Gasteiger partial charge in [-0.15, -0.1) is 0 Å². The number of halogens is 3. The van der Waals surface area contributed by atoms with Crippen LogP contribution >= 0.6 is 0 Å². The minimum atomic E-state index is -5.93. The summed E-state index contributed by atoms with van der Waals surface area (Å²) in [6, 6.07) is 2.84. The molecule has 4 rings (SSSR count). The summed E-state index contributed by atoms with van der Waals surface area (Å²) < 4.78 is 86.7. The first-order chi connectivity index (χ1) is 21.6. The molecule has 0 spiro atoms. The second kappa shape index (κ2) is 17.3. The molecule has 1 fully saturated rings. The number of aryl methyl sites for hydroxylation is 1. The van der Waals surface area contributed by atoms with Crippen LogP contribution in [0.2, 0.25) is 0 Å². The summed E-state index contributed by atoms with van der Waals surface area (Å²) in [4.78, 5) is 43.8. The van der Waals surface area contributed by atoms with Gasteiger partial charge in [-0.2, -0.15) is 21.6 Å². The van der Waals surface area contributed by atoms with Gasteiger partial charge in [0.25, 0.3) is 0 Å². The fourth-order valence-electron chi connectivity index (χ4n) is 3.29. The van der Waals surface area contributed by atoms with Gasteiger partial charge in [-0.25, -0.2) is 4.79 Å². The van der Waals surface area contributed by atoms with Crippen molar-refractivity contribution >= 4 is 16.1 Å². The molecule has 1 unspecified atom stereocenters. The highest BCUT2D eigenvalue weighted by Gasteiger charge is 2.49. The van der Waals surface area contributed by atoms with Crippen molar-refractivity contribution in [2.45, 2.75) is 64.0 Å². The number of carboxylic acids is 1. The van der Waals surface area contributed by atoms with Crippen LogP contribution in [0.4, 0.5) is 13.2 Å². The fourth-order valence-corrected chi connectivity index (χ4v) is 3.74. The third-order valence-corrected chi connectivity index (χ3v) is 6.51. The highest BCUT2D eigenvalue weighted by Crippen LogP contribution is 2.25. The minimum absolute atomic E-state index is 0.000861. The standard InChI is InChI=1S/C12H13F3O7S.C9H10O4.C6H6O4/c13-12(14,15)23(17,18)22-10-7-20-8(5-9(10)16)6-21-11-3-1-2-4-19-11;1-2-3-6-5-13-8(9(11)12)4-7(6)10;7-2-4-1-5(8)6(9)3-10-4/h5,7,11H,1-4,6H2;4-5H,2-3H2,1H3,(H,11,12);1,3,7,9H,2H2. The predicted molar refractivity (Wildman–Crippen MR) is 147 cm³/mol. The van der Waals surface area contributed by atoms with E-state index in [9.17, 15) is 40.8 Å². The molecule has 0 bridgehead atoms. The zero-order chi connectivity index (χ0) is 34.5. The van der Waals surface area contributed by atoms with E-state index in [1.807, 2.05) is 6.92 Å². The SMILES string of the molecule is CCCc1coc(C(=O)O)cc1=O.O=c1cc(CO)occ1O.O=c1cc(COC2CCCCO2)occ1OS(=O)(=O)C(F)(F)F. The third-order valence-electron chi connectivity index (χ3n) is 5.54. The summed E-state index contributed by atoms with van der Waals surface area (Å²) in [5.74, 6) is -2.93. The van der Waals surface area contributed by atoms with E-state index < -0.39 is 50.2 Å². The number of carbonyl (C=O) groups is 1. The van der Waals surface area contributed by atoms with Crippen LogP contribution in [0.15, 0.2) is 64.6 Å². The fraction of sp³-hybridized carbons (Fsp3) is 0.407. The summed E-state index contributed by atoms with van der Waals surface area (Å²) >= 11 is 0. The van der Waals surface area contributed by atoms with E-state index in [-0.39, 0.29) is 35.9 Å². The van der Waals surface area contributed by atoms with Crippen LogP contribution in [0.25, 0.3) is 0 Å². The second-order valence-electron chi connectivity index (χ2n) is 9.11. The molecule has 1 atom stereocenters. The van der Waals surface area contributed by atoms with Gasteiger partial charge in [-0.05, 0) is 25.7 Å². The summed E-state index contributed by atoms with van der Waals surface area (Å²) in [5, 5.41) is 25.6. The van der Waals surface area contributed by atoms with Crippen LogP contribution in [0.3, 0.4) is 0 Å². The number of hydrogen-bond acceptors (Lipinski definition) is 14. The molecule has 0 amide bonds. The van der Waals surface area contributed by atoms with E-state index in [0.29, 0.717) is 31.3 Å². The topological polar surface area (TPSA) is 230 Å². The van der Waals surface area contributed by atoms with Gasteiger partial charge in [0.15, 0.2) is 17.5 Å². The summed E-state index contributed by atoms with van der Waals surface area (Å²) in [7, 11) is -5.93. The van der Waals surface area contributed by atoms with Gasteiger partial charge < -0.3 is 42.2 Å². The van der Waals surface area contributed by atoms with Crippen molar-refractivity contribution in [3.05, 3.63) is 90.5 Å². The molecule has 1 saturated heterocycles. The van der Waals surface area contributed by atoms with Gasteiger partial charge in [0.2, 0.25) is 22.4 Å². The van der Waals surface area contributed by atoms with Crippen molar-refractivity contribution in [3.8, 4) is 11.5 Å². The first-order valence-corrected chi connectivity index (χ1v) is 14.6. The van der Waals surface area contributed by atoms with Gasteiger partial charge in [-0.3, -0.25) is 14.4 Å². The van der Waals surface area contributed by atoms with E-state index in [2.05, 4.69) is 8.60 Å². The van der Waals surface area contributed by atoms with Crippen LogP contribution in [0.1, 0.15) is 60.2 Å². The molecule has 3 aromatic rings. The van der Waals surface area contributed by atoms with Crippen LogP contribution in [0, 0.1) is 0 Å². The van der Waals surface area contributed by atoms with Gasteiger partial charge in [0.1, 0.15) is 37.3 Å². The lowest BCUT2D eigenvalue weighted by atomic mass is 10.2. The molecule has 3 aromatic heterocycles. The lowest BCUT2D eigenvalue weighted by molar-refractivity contribution is -0.171. The number of aliphatic hydroxyl groups is 1. The maximum atomic E-state index is 12.2. The Balaban J connectivity index is 0.000000269. The van der Waals surface area contributed by atoms with Crippen LogP contribution in [-0.2, 0) is 39.2 Å². The Morgan fingerprint density at radius 2 is 1.65 bits per heavy atom. The van der Waals surface area contributed by atoms with Crippen LogP contribution in [-0.4, -0.2) is 48.1 Å². The molecule has 1 aliphatic heterocycles. The largest absolute Gasteiger partial charge is 0.534 e. The van der Waals surface area contributed by atoms with E-state index in [0.717, 1.165) is 43.7 Å². The average Bonchev–Trinajstić information content (AvgIpc) is 3.00. The molecular weight excluding hydrogens is 653 g/mol. The molecule has 15 nitrogen and oxygen atoms in total. The monoisotopic (exact) mass is 682 g/mol. The second-order valence-corrected chi connectivity index (χ2v) is 10.6. The molecule has 4 heterocycles. The van der Waals surface area contributed by atoms with Crippen molar-refractivity contribution in [2.24, 2.45) is 0 Å². The van der Waals surface area contributed by atoms with E-state index in [1.54, 1.807) is 0 Å². The first-order valence-electron chi connectivity index (χ1n) is 13.2. The van der Waals surface area contributed by atoms with Gasteiger partial charge >= 0.3 is 21.6 Å². The number of aromatic carboxylic acids is 1. The third kappa shape index (κ3) is 11.8. The van der Waals surface area contributed by atoms with E-state index in [1.165, 1.54) is 6.26 Å². The number of alkyl halides is 3. The molecule has 254 valence electrons. The van der Waals surface area contributed by atoms with Crippen LogP contribution in [0.5, 0.6) is 11.5 Å². The Bertz CT molecular complexity index is 1720. The van der Waals surface area contributed by atoms with Crippen molar-refractivity contribution in [2.75, 3.05) is 6.61 Å². The number of aromatic hydroxyl groups is 1.